The molecule has 3 N–H and O–H groups in total. The summed E-state index contributed by atoms with van der Waals surface area (Å²) in [5, 5.41) is 2.80. The van der Waals surface area contributed by atoms with Crippen molar-refractivity contribution < 1.29 is 18.8 Å². The van der Waals surface area contributed by atoms with Crippen LogP contribution in [0.1, 0.15) is 32.9 Å². The molecule has 0 bridgehead atoms. The van der Waals surface area contributed by atoms with Gasteiger partial charge in [-0.25, -0.2) is 4.39 Å². The van der Waals surface area contributed by atoms with E-state index < -0.39 is 11.8 Å². The van der Waals surface area contributed by atoms with Crippen LogP contribution < -0.4 is 16.2 Å². The standard InChI is InChI=1S/C22H18FN3O3S/c23-16-7-3-13(4-8-16)18-11-12-19(30-18)22(29)26-25-21(28)15-5-9-17(10-6-15)24-20(27)14-1-2-14/h3-12,14H,1-2H2,(H,24,27)(H,25,28)(H,26,29). The number of anilines is 1. The molecule has 1 saturated carbocycles. The number of carbonyl (C=O) groups excluding carboxylic acids is 3. The highest BCUT2D eigenvalue weighted by Gasteiger charge is 2.29. The maximum Gasteiger partial charge on any atom is 0.279 e. The molecule has 1 aliphatic rings. The zero-order valence-corrected chi connectivity index (χ0v) is 16.6. The summed E-state index contributed by atoms with van der Waals surface area (Å²) in [5.74, 6) is -1.15. The molecule has 0 aliphatic heterocycles. The van der Waals surface area contributed by atoms with Gasteiger partial charge in [-0.2, -0.15) is 0 Å². The Kier molecular flexibility index (Phi) is 5.58. The van der Waals surface area contributed by atoms with Gasteiger partial charge in [0.1, 0.15) is 5.82 Å². The molecule has 0 saturated heterocycles. The second kappa shape index (κ2) is 8.46. The molecule has 0 radical (unpaired) electrons. The number of hydrogen-bond donors (Lipinski definition) is 3. The van der Waals surface area contributed by atoms with Crippen molar-refractivity contribution in [1.29, 1.82) is 0 Å². The number of thiophene rings is 1. The van der Waals surface area contributed by atoms with Crippen LogP contribution in [0.2, 0.25) is 0 Å². The molecule has 3 amide bonds. The van der Waals surface area contributed by atoms with Crippen molar-refractivity contribution in [2.75, 3.05) is 5.32 Å². The first-order chi connectivity index (χ1) is 14.5. The second-order valence-corrected chi connectivity index (χ2v) is 8.00. The molecule has 6 nitrogen and oxygen atoms in total. The molecule has 1 fully saturated rings. The van der Waals surface area contributed by atoms with Gasteiger partial charge in [0.05, 0.1) is 4.88 Å². The van der Waals surface area contributed by atoms with Gasteiger partial charge >= 0.3 is 0 Å². The van der Waals surface area contributed by atoms with Gasteiger partial charge in [0.15, 0.2) is 0 Å². The van der Waals surface area contributed by atoms with Crippen molar-refractivity contribution in [3.63, 3.8) is 0 Å². The van der Waals surface area contributed by atoms with E-state index in [1.807, 2.05) is 0 Å². The van der Waals surface area contributed by atoms with E-state index in [2.05, 4.69) is 16.2 Å². The number of rotatable bonds is 5. The normalized spacial score (nSPS) is 12.8. The van der Waals surface area contributed by atoms with Crippen LogP contribution in [0.5, 0.6) is 0 Å². The number of halogens is 1. The minimum atomic E-state index is -0.473. The summed E-state index contributed by atoms with van der Waals surface area (Å²) in [5.41, 5.74) is 6.53. The molecule has 30 heavy (non-hydrogen) atoms. The number of nitrogens with one attached hydrogen (secondary N) is 3. The van der Waals surface area contributed by atoms with Crippen LogP contribution in [-0.2, 0) is 4.79 Å². The van der Waals surface area contributed by atoms with Crippen LogP contribution in [0.25, 0.3) is 10.4 Å². The maximum absolute atomic E-state index is 13.0. The lowest BCUT2D eigenvalue weighted by molar-refractivity contribution is -0.117. The highest BCUT2D eigenvalue weighted by Crippen LogP contribution is 2.30. The molecular formula is C22H18FN3O3S. The van der Waals surface area contributed by atoms with Gasteiger partial charge in [-0.3, -0.25) is 25.2 Å². The summed E-state index contributed by atoms with van der Waals surface area (Å²) < 4.78 is 13.0. The van der Waals surface area contributed by atoms with E-state index in [1.54, 1.807) is 48.5 Å². The average Bonchev–Trinajstić information content (AvgIpc) is 3.50. The number of benzene rings is 2. The van der Waals surface area contributed by atoms with Gasteiger partial charge in [0.25, 0.3) is 11.8 Å². The van der Waals surface area contributed by atoms with Gasteiger partial charge < -0.3 is 5.32 Å². The second-order valence-electron chi connectivity index (χ2n) is 6.92. The molecular weight excluding hydrogens is 405 g/mol. The molecule has 0 unspecified atom stereocenters. The Morgan fingerprint density at radius 2 is 1.50 bits per heavy atom. The summed E-state index contributed by atoms with van der Waals surface area (Å²) >= 11 is 1.24. The minimum Gasteiger partial charge on any atom is -0.326 e. The monoisotopic (exact) mass is 423 g/mol. The van der Waals surface area contributed by atoms with Gasteiger partial charge in [-0.15, -0.1) is 11.3 Å². The van der Waals surface area contributed by atoms with Gasteiger partial charge in [0, 0.05) is 22.0 Å². The number of carbonyl (C=O) groups is 3. The molecule has 1 aromatic heterocycles. The Hall–Kier alpha value is -3.52. The molecule has 0 atom stereocenters. The van der Waals surface area contributed by atoms with E-state index in [0.717, 1.165) is 23.3 Å². The largest absolute Gasteiger partial charge is 0.326 e. The third-order valence-corrected chi connectivity index (χ3v) is 5.74. The van der Waals surface area contributed by atoms with Crippen LogP contribution in [0, 0.1) is 11.7 Å². The predicted molar refractivity (Wildman–Crippen MR) is 112 cm³/mol. The SMILES string of the molecule is O=C(NNC(=O)c1ccc(-c2ccc(F)cc2)s1)c1ccc(NC(=O)C2CC2)cc1. The van der Waals surface area contributed by atoms with Gasteiger partial charge in [0.2, 0.25) is 5.91 Å². The summed E-state index contributed by atoms with van der Waals surface area (Å²) in [6, 6.07) is 15.8. The summed E-state index contributed by atoms with van der Waals surface area (Å²) in [7, 11) is 0. The first-order valence-corrected chi connectivity index (χ1v) is 10.2. The lowest BCUT2D eigenvalue weighted by atomic mass is 10.2. The van der Waals surface area contributed by atoms with Gasteiger partial charge in [-0.1, -0.05) is 12.1 Å². The minimum absolute atomic E-state index is 0.00424. The fourth-order valence-electron chi connectivity index (χ4n) is 2.77. The van der Waals surface area contributed by atoms with Crippen molar-refractivity contribution in [3.05, 3.63) is 76.9 Å². The lowest BCUT2D eigenvalue weighted by Crippen LogP contribution is -2.41. The first kappa shape index (κ1) is 19.8. The molecule has 1 heterocycles. The zero-order chi connectivity index (χ0) is 21.1. The highest BCUT2D eigenvalue weighted by atomic mass is 32.1. The Morgan fingerprint density at radius 1 is 0.833 bits per heavy atom. The van der Waals surface area contributed by atoms with E-state index >= 15 is 0 Å². The topological polar surface area (TPSA) is 87.3 Å². The van der Waals surface area contributed by atoms with Crippen LogP contribution in [0.3, 0.4) is 0 Å². The molecule has 152 valence electrons. The summed E-state index contributed by atoms with van der Waals surface area (Å²) in [6.07, 6.45) is 1.84. The van der Waals surface area contributed by atoms with E-state index in [9.17, 15) is 18.8 Å². The average molecular weight is 423 g/mol. The van der Waals surface area contributed by atoms with Crippen molar-refractivity contribution >= 4 is 34.7 Å². The molecule has 3 aromatic rings. The number of hydrazine groups is 1. The third-order valence-electron chi connectivity index (χ3n) is 4.61. The Balaban J connectivity index is 1.31. The van der Waals surface area contributed by atoms with Crippen molar-refractivity contribution in [1.82, 2.24) is 10.9 Å². The maximum atomic E-state index is 13.0. The first-order valence-electron chi connectivity index (χ1n) is 9.37. The predicted octanol–water partition coefficient (Wildman–Crippen LogP) is 3.98. The van der Waals surface area contributed by atoms with Crippen LogP contribution in [-0.4, -0.2) is 17.7 Å². The van der Waals surface area contributed by atoms with Crippen LogP contribution in [0.15, 0.2) is 60.7 Å². The zero-order valence-electron chi connectivity index (χ0n) is 15.8. The Morgan fingerprint density at radius 3 is 2.17 bits per heavy atom. The molecule has 2 aromatic carbocycles. The fraction of sp³-hybridized carbons (Fsp3) is 0.136. The Labute approximate surface area is 176 Å². The van der Waals surface area contributed by atoms with Crippen molar-refractivity contribution in [2.45, 2.75) is 12.8 Å². The fourth-order valence-corrected chi connectivity index (χ4v) is 3.68. The Bertz CT molecular complexity index is 1090. The quantitative estimate of drug-likeness (QED) is 0.543. The molecule has 8 heteroatoms. The summed E-state index contributed by atoms with van der Waals surface area (Å²) in [4.78, 5) is 37.5. The van der Waals surface area contributed by atoms with Crippen LogP contribution >= 0.6 is 11.3 Å². The highest BCUT2D eigenvalue weighted by molar-refractivity contribution is 7.17. The number of amides is 3. The van der Waals surface area contributed by atoms with Crippen LogP contribution in [0.4, 0.5) is 10.1 Å². The summed E-state index contributed by atoms with van der Waals surface area (Å²) in [6.45, 7) is 0. The lowest BCUT2D eigenvalue weighted by Gasteiger charge is -2.08. The molecule has 0 spiro atoms. The van der Waals surface area contributed by atoms with Crippen molar-refractivity contribution in [2.24, 2.45) is 5.92 Å². The van der Waals surface area contributed by atoms with Gasteiger partial charge in [-0.05, 0) is 66.9 Å². The number of hydrogen-bond acceptors (Lipinski definition) is 4. The third kappa shape index (κ3) is 4.72. The smallest absolute Gasteiger partial charge is 0.279 e. The van der Waals surface area contributed by atoms with E-state index in [1.165, 1.54) is 23.5 Å². The van der Waals surface area contributed by atoms with Crippen molar-refractivity contribution in [3.8, 4) is 10.4 Å². The van der Waals surface area contributed by atoms with E-state index in [0.29, 0.717) is 16.1 Å². The molecule has 1 aliphatic carbocycles. The van der Waals surface area contributed by atoms with E-state index in [4.69, 9.17) is 0 Å². The molecule has 4 rings (SSSR count). The van der Waals surface area contributed by atoms with E-state index in [-0.39, 0.29) is 17.6 Å².